The molecule has 2 aliphatic heterocycles. The maximum atomic E-state index is 13.9. The lowest BCUT2D eigenvalue weighted by molar-refractivity contribution is 0.0993. The predicted octanol–water partition coefficient (Wildman–Crippen LogP) is 1.00. The highest BCUT2D eigenvalue weighted by atomic mass is 32.2. The third-order valence-electron chi connectivity index (χ3n) is 4.70. The van der Waals surface area contributed by atoms with E-state index in [0.29, 0.717) is 23.4 Å². The van der Waals surface area contributed by atoms with Gasteiger partial charge in [-0.25, -0.2) is 12.8 Å². The summed E-state index contributed by atoms with van der Waals surface area (Å²) in [4.78, 5) is 4.39. The fourth-order valence-corrected chi connectivity index (χ4v) is 5.12. The van der Waals surface area contributed by atoms with Crippen LogP contribution in [0.2, 0.25) is 0 Å². The molecule has 1 aromatic rings. The molecule has 5 nitrogen and oxygen atoms in total. The summed E-state index contributed by atoms with van der Waals surface area (Å²) in [5.74, 6) is 0.281. The number of benzene rings is 1. The van der Waals surface area contributed by atoms with Gasteiger partial charge in [-0.1, -0.05) is 0 Å². The topological polar surface area (TPSA) is 64.4 Å². The van der Waals surface area contributed by atoms with Crippen LogP contribution in [0.15, 0.2) is 18.2 Å². The van der Waals surface area contributed by atoms with Crippen molar-refractivity contribution < 1.29 is 12.8 Å². The zero-order valence-corrected chi connectivity index (χ0v) is 13.7. The zero-order chi connectivity index (χ0) is 16.4. The Bertz CT molecular complexity index is 721. The van der Waals surface area contributed by atoms with E-state index in [0.717, 1.165) is 32.6 Å². The highest BCUT2D eigenvalue weighted by Crippen LogP contribution is 2.20. The van der Waals surface area contributed by atoms with Gasteiger partial charge in [0, 0.05) is 44.3 Å². The van der Waals surface area contributed by atoms with Crippen molar-refractivity contribution in [3.8, 4) is 6.07 Å². The fourth-order valence-electron chi connectivity index (χ4n) is 3.36. The van der Waals surface area contributed by atoms with E-state index in [9.17, 15) is 12.8 Å². The van der Waals surface area contributed by atoms with Crippen molar-refractivity contribution in [2.24, 2.45) is 0 Å². The van der Waals surface area contributed by atoms with Crippen LogP contribution in [-0.2, 0) is 16.4 Å². The number of nitrogens with zero attached hydrogens (tertiary/aromatic N) is 3. The third-order valence-corrected chi connectivity index (χ3v) is 6.45. The normalized spacial score (nSPS) is 25.3. The van der Waals surface area contributed by atoms with Crippen LogP contribution < -0.4 is 0 Å². The average Bonchev–Trinajstić information content (AvgIpc) is 2.90. The van der Waals surface area contributed by atoms with Crippen molar-refractivity contribution in [1.82, 2.24) is 9.80 Å². The van der Waals surface area contributed by atoms with Gasteiger partial charge in [-0.3, -0.25) is 9.80 Å². The van der Waals surface area contributed by atoms with Crippen LogP contribution in [-0.4, -0.2) is 61.9 Å². The van der Waals surface area contributed by atoms with Crippen LogP contribution in [0.1, 0.15) is 17.5 Å². The molecule has 0 spiro atoms. The summed E-state index contributed by atoms with van der Waals surface area (Å²) in [7, 11) is -2.86. The summed E-state index contributed by atoms with van der Waals surface area (Å²) < 4.78 is 37.0. The first-order chi connectivity index (χ1) is 11.0. The van der Waals surface area contributed by atoms with Gasteiger partial charge in [-0.15, -0.1) is 0 Å². The Kier molecular flexibility index (Phi) is 4.67. The van der Waals surface area contributed by atoms with Crippen LogP contribution in [0.5, 0.6) is 0 Å². The smallest absolute Gasteiger partial charge is 0.151 e. The largest absolute Gasteiger partial charge is 0.297 e. The van der Waals surface area contributed by atoms with E-state index in [1.165, 1.54) is 12.1 Å². The van der Waals surface area contributed by atoms with E-state index >= 15 is 0 Å². The van der Waals surface area contributed by atoms with Crippen LogP contribution in [0.25, 0.3) is 0 Å². The van der Waals surface area contributed by atoms with Crippen molar-refractivity contribution >= 4 is 9.84 Å². The van der Waals surface area contributed by atoms with Gasteiger partial charge in [0.25, 0.3) is 0 Å². The summed E-state index contributed by atoms with van der Waals surface area (Å²) in [6.45, 7) is 3.66. The standard InChI is InChI=1S/C16H20FN3O2S/c17-16-2-1-13(10-18)9-14(16)11-19-4-6-20(7-5-19)15-3-8-23(21,22)12-15/h1-2,9,15H,3-8,11-12H2. The molecule has 1 atom stereocenters. The molecule has 2 heterocycles. The zero-order valence-electron chi connectivity index (χ0n) is 12.9. The summed E-state index contributed by atoms with van der Waals surface area (Å²) in [5, 5.41) is 8.92. The molecular weight excluding hydrogens is 317 g/mol. The number of sulfone groups is 1. The summed E-state index contributed by atoms with van der Waals surface area (Å²) in [6.07, 6.45) is 0.723. The molecule has 3 rings (SSSR count). The number of hydrogen-bond donors (Lipinski definition) is 0. The Morgan fingerprint density at radius 1 is 1.26 bits per heavy atom. The van der Waals surface area contributed by atoms with Gasteiger partial charge in [-0.2, -0.15) is 5.26 Å². The van der Waals surface area contributed by atoms with Crippen molar-refractivity contribution in [2.75, 3.05) is 37.7 Å². The molecule has 124 valence electrons. The second-order valence-electron chi connectivity index (χ2n) is 6.29. The molecule has 0 N–H and O–H groups in total. The van der Waals surface area contributed by atoms with E-state index in [2.05, 4.69) is 9.80 Å². The Labute approximate surface area is 136 Å². The van der Waals surface area contributed by atoms with E-state index in [4.69, 9.17) is 5.26 Å². The maximum Gasteiger partial charge on any atom is 0.151 e. The minimum absolute atomic E-state index is 0.140. The Balaban J connectivity index is 1.57. The lowest BCUT2D eigenvalue weighted by Crippen LogP contribution is -2.50. The lowest BCUT2D eigenvalue weighted by atomic mass is 10.1. The second kappa shape index (κ2) is 6.56. The SMILES string of the molecule is N#Cc1ccc(F)c(CN2CCN(C3CCS(=O)(=O)C3)CC2)c1. The molecule has 0 bridgehead atoms. The van der Waals surface area contributed by atoms with Gasteiger partial charge in [0.1, 0.15) is 5.82 Å². The van der Waals surface area contributed by atoms with Crippen molar-refractivity contribution in [2.45, 2.75) is 19.0 Å². The first kappa shape index (κ1) is 16.4. The summed E-state index contributed by atoms with van der Waals surface area (Å²) in [5.41, 5.74) is 1.01. The van der Waals surface area contributed by atoms with Crippen LogP contribution in [0.4, 0.5) is 4.39 Å². The summed E-state index contributed by atoms with van der Waals surface area (Å²) >= 11 is 0. The van der Waals surface area contributed by atoms with Crippen molar-refractivity contribution in [3.63, 3.8) is 0 Å². The molecule has 0 radical (unpaired) electrons. The molecule has 1 unspecified atom stereocenters. The quantitative estimate of drug-likeness (QED) is 0.823. The fraction of sp³-hybridized carbons (Fsp3) is 0.562. The van der Waals surface area contributed by atoms with Gasteiger partial charge < -0.3 is 0 Å². The Hall–Kier alpha value is -1.49. The monoisotopic (exact) mass is 337 g/mol. The first-order valence-electron chi connectivity index (χ1n) is 7.82. The van der Waals surface area contributed by atoms with Gasteiger partial charge in [0.15, 0.2) is 9.84 Å². The van der Waals surface area contributed by atoms with E-state index in [1.54, 1.807) is 6.07 Å². The van der Waals surface area contributed by atoms with Crippen LogP contribution in [0, 0.1) is 17.1 Å². The van der Waals surface area contributed by atoms with Gasteiger partial charge in [0.2, 0.25) is 0 Å². The Morgan fingerprint density at radius 3 is 2.61 bits per heavy atom. The minimum Gasteiger partial charge on any atom is -0.297 e. The summed E-state index contributed by atoms with van der Waals surface area (Å²) in [6, 6.07) is 6.60. The van der Waals surface area contributed by atoms with Gasteiger partial charge >= 0.3 is 0 Å². The molecular formula is C16H20FN3O2S. The highest BCUT2D eigenvalue weighted by Gasteiger charge is 2.33. The predicted molar refractivity (Wildman–Crippen MR) is 85.0 cm³/mol. The average molecular weight is 337 g/mol. The molecule has 2 fully saturated rings. The van der Waals surface area contributed by atoms with E-state index in [1.807, 2.05) is 6.07 Å². The lowest BCUT2D eigenvalue weighted by Gasteiger charge is -2.37. The number of halogens is 1. The first-order valence-corrected chi connectivity index (χ1v) is 9.64. The number of nitriles is 1. The van der Waals surface area contributed by atoms with Crippen LogP contribution >= 0.6 is 0 Å². The molecule has 23 heavy (non-hydrogen) atoms. The van der Waals surface area contributed by atoms with E-state index in [-0.39, 0.29) is 17.6 Å². The van der Waals surface area contributed by atoms with Crippen molar-refractivity contribution in [1.29, 1.82) is 5.26 Å². The number of piperazine rings is 1. The maximum absolute atomic E-state index is 13.9. The number of hydrogen-bond acceptors (Lipinski definition) is 5. The molecule has 0 aromatic heterocycles. The van der Waals surface area contributed by atoms with Crippen molar-refractivity contribution in [3.05, 3.63) is 35.1 Å². The molecule has 0 amide bonds. The molecule has 0 aliphatic carbocycles. The molecule has 2 saturated heterocycles. The van der Waals surface area contributed by atoms with Gasteiger partial charge in [0.05, 0.1) is 23.1 Å². The number of rotatable bonds is 3. The molecule has 1 aromatic carbocycles. The highest BCUT2D eigenvalue weighted by molar-refractivity contribution is 7.91. The second-order valence-corrected chi connectivity index (χ2v) is 8.52. The molecule has 2 aliphatic rings. The molecule has 7 heteroatoms. The van der Waals surface area contributed by atoms with Crippen LogP contribution in [0.3, 0.4) is 0 Å². The minimum atomic E-state index is -2.86. The Morgan fingerprint density at radius 2 is 2.00 bits per heavy atom. The third kappa shape index (κ3) is 3.89. The molecule has 0 saturated carbocycles. The van der Waals surface area contributed by atoms with E-state index < -0.39 is 9.84 Å². The van der Waals surface area contributed by atoms with Gasteiger partial charge in [-0.05, 0) is 24.6 Å².